The van der Waals surface area contributed by atoms with Gasteiger partial charge in [-0.3, -0.25) is 14.6 Å². The van der Waals surface area contributed by atoms with Gasteiger partial charge in [0.05, 0.1) is 13.2 Å². The van der Waals surface area contributed by atoms with Crippen molar-refractivity contribution in [2.45, 2.75) is 50.7 Å². The van der Waals surface area contributed by atoms with Gasteiger partial charge in [-0.15, -0.1) is 0 Å². The first-order valence-electron chi connectivity index (χ1n) is 7.33. The number of Topliss-reactive ketones (excluding diaryl/α,β-unsaturated/α-hetero) is 1. The Kier molecular flexibility index (Phi) is 3.68. The van der Waals surface area contributed by atoms with E-state index in [-0.39, 0.29) is 0 Å². The van der Waals surface area contributed by atoms with Gasteiger partial charge in [-0.25, -0.2) is 0 Å². The second kappa shape index (κ2) is 5.27. The van der Waals surface area contributed by atoms with Crippen molar-refractivity contribution in [2.75, 3.05) is 32.8 Å². The number of piperidine rings is 1. The van der Waals surface area contributed by atoms with E-state index in [2.05, 4.69) is 16.7 Å². The second-order valence-electron chi connectivity index (χ2n) is 6.04. The fraction of sp³-hybridized carbons (Fsp3) is 0.929. The normalized spacial score (nSPS) is 35.9. The minimum Gasteiger partial charge on any atom is -0.379 e. The summed E-state index contributed by atoms with van der Waals surface area (Å²) in [5.74, 6) is 0.484. The summed E-state index contributed by atoms with van der Waals surface area (Å²) in [6.45, 7) is 7.33. The number of morpholine rings is 1. The number of carbonyl (C=O) groups excluding carboxylic acids is 1. The molecule has 4 heteroatoms. The van der Waals surface area contributed by atoms with Crippen molar-refractivity contribution < 1.29 is 9.53 Å². The van der Waals surface area contributed by atoms with Crippen LogP contribution in [0.25, 0.3) is 0 Å². The van der Waals surface area contributed by atoms with Crippen LogP contribution in [0.1, 0.15) is 32.6 Å². The van der Waals surface area contributed by atoms with E-state index in [1.165, 1.54) is 12.8 Å². The first kappa shape index (κ1) is 12.6. The van der Waals surface area contributed by atoms with E-state index < -0.39 is 0 Å². The van der Waals surface area contributed by atoms with Crippen molar-refractivity contribution in [3.63, 3.8) is 0 Å². The van der Waals surface area contributed by atoms with Gasteiger partial charge in [0.1, 0.15) is 5.78 Å². The highest BCUT2D eigenvalue weighted by Crippen LogP contribution is 2.35. The van der Waals surface area contributed by atoms with Crippen LogP contribution in [0.5, 0.6) is 0 Å². The van der Waals surface area contributed by atoms with Crippen LogP contribution < -0.4 is 0 Å². The summed E-state index contributed by atoms with van der Waals surface area (Å²) in [4.78, 5) is 16.8. The second-order valence-corrected chi connectivity index (χ2v) is 6.04. The SMILES string of the molecule is CC(CN1CCOCC1)N1C2CCC1CC(=O)C2. The Labute approximate surface area is 109 Å². The van der Waals surface area contributed by atoms with Crippen molar-refractivity contribution in [3.8, 4) is 0 Å². The molecule has 3 saturated heterocycles. The number of fused-ring (bicyclic) bond motifs is 2. The lowest BCUT2D eigenvalue weighted by atomic mass is 9.99. The molecule has 3 rings (SSSR count). The first-order valence-corrected chi connectivity index (χ1v) is 7.33. The van der Waals surface area contributed by atoms with Gasteiger partial charge in [0.25, 0.3) is 0 Å². The molecule has 2 bridgehead atoms. The first-order chi connectivity index (χ1) is 8.74. The highest BCUT2D eigenvalue weighted by molar-refractivity contribution is 5.81. The van der Waals surface area contributed by atoms with Gasteiger partial charge < -0.3 is 4.74 Å². The summed E-state index contributed by atoms with van der Waals surface area (Å²) in [6, 6.07) is 1.65. The Morgan fingerprint density at radius 2 is 1.83 bits per heavy atom. The van der Waals surface area contributed by atoms with E-state index >= 15 is 0 Å². The third-order valence-electron chi connectivity index (χ3n) is 4.74. The maximum Gasteiger partial charge on any atom is 0.136 e. The molecule has 3 aliphatic heterocycles. The molecule has 0 aromatic heterocycles. The van der Waals surface area contributed by atoms with Crippen LogP contribution >= 0.6 is 0 Å². The van der Waals surface area contributed by atoms with Crippen LogP contribution in [0.15, 0.2) is 0 Å². The lowest BCUT2D eigenvalue weighted by Gasteiger charge is -2.41. The molecule has 0 saturated carbocycles. The fourth-order valence-corrected chi connectivity index (χ4v) is 3.98. The van der Waals surface area contributed by atoms with Gasteiger partial charge in [-0.1, -0.05) is 0 Å². The molecule has 3 atom stereocenters. The van der Waals surface area contributed by atoms with Gasteiger partial charge in [-0.2, -0.15) is 0 Å². The van der Waals surface area contributed by atoms with E-state index in [1.807, 2.05) is 0 Å². The van der Waals surface area contributed by atoms with E-state index in [1.54, 1.807) is 0 Å². The third kappa shape index (κ3) is 2.46. The van der Waals surface area contributed by atoms with Crippen LogP contribution in [-0.4, -0.2) is 66.6 Å². The molecule has 102 valence electrons. The summed E-state index contributed by atoms with van der Waals surface area (Å²) < 4.78 is 5.40. The van der Waals surface area contributed by atoms with E-state index in [0.29, 0.717) is 23.9 Å². The molecule has 3 heterocycles. The zero-order valence-corrected chi connectivity index (χ0v) is 11.3. The Morgan fingerprint density at radius 3 is 2.44 bits per heavy atom. The topological polar surface area (TPSA) is 32.8 Å². The lowest BCUT2D eigenvalue weighted by molar-refractivity contribution is -0.124. The molecule has 0 aromatic carbocycles. The quantitative estimate of drug-likeness (QED) is 0.747. The molecule has 18 heavy (non-hydrogen) atoms. The Morgan fingerprint density at radius 1 is 1.22 bits per heavy atom. The number of hydrogen-bond acceptors (Lipinski definition) is 4. The predicted octanol–water partition coefficient (Wildman–Crippen LogP) is 0.903. The number of hydrogen-bond donors (Lipinski definition) is 0. The fourth-order valence-electron chi connectivity index (χ4n) is 3.98. The average molecular weight is 252 g/mol. The summed E-state index contributed by atoms with van der Waals surface area (Å²) >= 11 is 0. The van der Waals surface area contributed by atoms with Crippen molar-refractivity contribution in [1.82, 2.24) is 9.80 Å². The monoisotopic (exact) mass is 252 g/mol. The summed E-state index contributed by atoms with van der Waals surface area (Å²) in [5.41, 5.74) is 0. The van der Waals surface area contributed by atoms with Crippen LogP contribution in [0.4, 0.5) is 0 Å². The molecular formula is C14H24N2O2. The zero-order valence-electron chi connectivity index (χ0n) is 11.3. The molecule has 0 spiro atoms. The van der Waals surface area contributed by atoms with Gasteiger partial charge in [-0.05, 0) is 19.8 Å². The standard InChI is InChI=1S/C14H24N2O2/c1-11(10-15-4-6-18-7-5-15)16-12-2-3-13(16)9-14(17)8-12/h11-13H,2-10H2,1H3. The number of ether oxygens (including phenoxy) is 1. The highest BCUT2D eigenvalue weighted by atomic mass is 16.5. The van der Waals surface area contributed by atoms with E-state index in [0.717, 1.165) is 45.7 Å². The largest absolute Gasteiger partial charge is 0.379 e. The minimum atomic E-state index is 0.484. The molecule has 0 amide bonds. The number of ketones is 1. The maximum absolute atomic E-state index is 11.6. The molecule has 0 N–H and O–H groups in total. The van der Waals surface area contributed by atoms with Crippen LogP contribution in [-0.2, 0) is 9.53 Å². The molecule has 0 aromatic rings. The zero-order chi connectivity index (χ0) is 12.5. The number of rotatable bonds is 3. The van der Waals surface area contributed by atoms with Crippen LogP contribution in [0, 0.1) is 0 Å². The van der Waals surface area contributed by atoms with Gasteiger partial charge in [0.15, 0.2) is 0 Å². The van der Waals surface area contributed by atoms with E-state index in [4.69, 9.17) is 4.74 Å². The van der Waals surface area contributed by atoms with Crippen molar-refractivity contribution >= 4 is 5.78 Å². The smallest absolute Gasteiger partial charge is 0.136 e. The summed E-state index contributed by atoms with van der Waals surface area (Å²) in [6.07, 6.45) is 4.04. The molecule has 3 aliphatic rings. The Bertz CT molecular complexity index is 299. The summed E-state index contributed by atoms with van der Waals surface area (Å²) in [7, 11) is 0. The molecular weight excluding hydrogens is 228 g/mol. The highest BCUT2D eigenvalue weighted by Gasteiger charge is 2.42. The molecule has 4 nitrogen and oxygen atoms in total. The van der Waals surface area contributed by atoms with Gasteiger partial charge >= 0.3 is 0 Å². The Hall–Kier alpha value is -0.450. The third-order valence-corrected chi connectivity index (χ3v) is 4.74. The van der Waals surface area contributed by atoms with Crippen molar-refractivity contribution in [1.29, 1.82) is 0 Å². The maximum atomic E-state index is 11.6. The molecule has 0 aliphatic carbocycles. The number of carbonyl (C=O) groups is 1. The molecule has 3 unspecified atom stereocenters. The Balaban J connectivity index is 1.58. The number of nitrogens with zero attached hydrogens (tertiary/aromatic N) is 2. The van der Waals surface area contributed by atoms with Crippen LogP contribution in [0.2, 0.25) is 0 Å². The minimum absolute atomic E-state index is 0.484. The van der Waals surface area contributed by atoms with Crippen LogP contribution in [0.3, 0.4) is 0 Å². The van der Waals surface area contributed by atoms with Gasteiger partial charge in [0.2, 0.25) is 0 Å². The van der Waals surface area contributed by atoms with Crippen molar-refractivity contribution in [3.05, 3.63) is 0 Å². The lowest BCUT2D eigenvalue weighted by Crippen LogP contribution is -2.53. The predicted molar refractivity (Wildman–Crippen MR) is 69.6 cm³/mol. The summed E-state index contributed by atoms with van der Waals surface area (Å²) in [5, 5.41) is 0. The molecule has 0 radical (unpaired) electrons. The van der Waals surface area contributed by atoms with Crippen molar-refractivity contribution in [2.24, 2.45) is 0 Å². The van der Waals surface area contributed by atoms with E-state index in [9.17, 15) is 4.79 Å². The van der Waals surface area contributed by atoms with Gasteiger partial charge in [0, 0.05) is 50.6 Å². The average Bonchev–Trinajstić information content (AvgIpc) is 2.63. The molecule has 3 fully saturated rings.